The second-order valence-electron chi connectivity index (χ2n) is 6.41. The molecular formula is C20H21N7S. The van der Waals surface area contributed by atoms with Crippen LogP contribution >= 0.6 is 11.8 Å². The lowest BCUT2D eigenvalue weighted by molar-refractivity contribution is 0.683. The molecule has 0 fully saturated rings. The van der Waals surface area contributed by atoms with Gasteiger partial charge < -0.3 is 4.57 Å². The van der Waals surface area contributed by atoms with E-state index in [1.165, 1.54) is 5.56 Å². The first-order chi connectivity index (χ1) is 13.7. The summed E-state index contributed by atoms with van der Waals surface area (Å²) in [5.74, 6) is 1.66. The SMILES string of the molecule is CCn1c(SC(C)c2nnnn2-c2ccccc2)nnc1-c1ccccc1C. The molecule has 0 saturated carbocycles. The molecular weight excluding hydrogens is 370 g/mol. The van der Waals surface area contributed by atoms with E-state index in [0.29, 0.717) is 0 Å². The van der Waals surface area contributed by atoms with Gasteiger partial charge in [-0.05, 0) is 48.9 Å². The Morgan fingerprint density at radius 2 is 1.71 bits per heavy atom. The van der Waals surface area contributed by atoms with Crippen LogP contribution in [0.4, 0.5) is 0 Å². The van der Waals surface area contributed by atoms with Crippen LogP contribution in [0.3, 0.4) is 0 Å². The van der Waals surface area contributed by atoms with Crippen LogP contribution in [0.2, 0.25) is 0 Å². The van der Waals surface area contributed by atoms with E-state index in [2.05, 4.69) is 63.2 Å². The average Bonchev–Trinajstić information content (AvgIpc) is 3.36. The minimum absolute atomic E-state index is 0.00873. The largest absolute Gasteiger partial charge is 0.302 e. The topological polar surface area (TPSA) is 74.3 Å². The number of thioether (sulfide) groups is 1. The summed E-state index contributed by atoms with van der Waals surface area (Å²) >= 11 is 1.61. The zero-order valence-corrected chi connectivity index (χ0v) is 16.8. The average molecular weight is 392 g/mol. The number of tetrazole rings is 1. The fourth-order valence-electron chi connectivity index (χ4n) is 3.10. The molecule has 2 aromatic heterocycles. The summed E-state index contributed by atoms with van der Waals surface area (Å²) in [6.45, 7) is 7.06. The van der Waals surface area contributed by atoms with Gasteiger partial charge in [-0.15, -0.1) is 15.3 Å². The van der Waals surface area contributed by atoms with Crippen molar-refractivity contribution in [2.75, 3.05) is 0 Å². The molecule has 1 unspecified atom stereocenters. The quantitative estimate of drug-likeness (QED) is 0.461. The first-order valence-corrected chi connectivity index (χ1v) is 10.1. The van der Waals surface area contributed by atoms with E-state index in [1.54, 1.807) is 16.4 Å². The Kier molecular flexibility index (Phi) is 5.21. The van der Waals surface area contributed by atoms with Gasteiger partial charge in [-0.25, -0.2) is 0 Å². The van der Waals surface area contributed by atoms with Gasteiger partial charge in [0.05, 0.1) is 10.9 Å². The number of benzene rings is 2. The van der Waals surface area contributed by atoms with Gasteiger partial charge in [-0.1, -0.05) is 54.2 Å². The van der Waals surface area contributed by atoms with Gasteiger partial charge in [-0.3, -0.25) is 0 Å². The summed E-state index contributed by atoms with van der Waals surface area (Å²) in [6, 6.07) is 18.1. The number of nitrogens with zero attached hydrogens (tertiary/aromatic N) is 7. The molecule has 0 spiro atoms. The van der Waals surface area contributed by atoms with Crippen LogP contribution in [-0.4, -0.2) is 35.0 Å². The fourth-order valence-corrected chi connectivity index (χ4v) is 4.09. The summed E-state index contributed by atoms with van der Waals surface area (Å²) in [7, 11) is 0. The Morgan fingerprint density at radius 3 is 2.46 bits per heavy atom. The lowest BCUT2D eigenvalue weighted by atomic mass is 10.1. The maximum atomic E-state index is 4.47. The highest BCUT2D eigenvalue weighted by Crippen LogP contribution is 2.35. The van der Waals surface area contributed by atoms with Crippen molar-refractivity contribution in [1.82, 2.24) is 35.0 Å². The van der Waals surface area contributed by atoms with Gasteiger partial charge in [0.25, 0.3) is 0 Å². The van der Waals surface area contributed by atoms with Crippen LogP contribution in [0.1, 0.15) is 30.5 Å². The third-order valence-electron chi connectivity index (χ3n) is 4.56. The molecule has 28 heavy (non-hydrogen) atoms. The maximum absolute atomic E-state index is 4.47. The van der Waals surface area contributed by atoms with Gasteiger partial charge in [0.15, 0.2) is 16.8 Å². The molecule has 0 N–H and O–H groups in total. The summed E-state index contributed by atoms with van der Waals surface area (Å²) in [6.07, 6.45) is 0. The summed E-state index contributed by atoms with van der Waals surface area (Å²) < 4.78 is 3.91. The molecule has 0 saturated heterocycles. The predicted octanol–water partition coefficient (Wildman–Crippen LogP) is 4.10. The van der Waals surface area contributed by atoms with Crippen molar-refractivity contribution in [3.63, 3.8) is 0 Å². The van der Waals surface area contributed by atoms with Crippen LogP contribution in [0.15, 0.2) is 59.8 Å². The first kappa shape index (κ1) is 18.4. The predicted molar refractivity (Wildman–Crippen MR) is 109 cm³/mol. The number of rotatable bonds is 6. The standard InChI is InChI=1S/C20H21N7S/c1-4-26-19(17-13-9-8-10-14(17)2)21-23-20(26)28-15(3)18-22-24-25-27(18)16-11-6-5-7-12-16/h5-13,15H,4H2,1-3H3. The van der Waals surface area contributed by atoms with Gasteiger partial charge in [0.1, 0.15) is 0 Å². The highest BCUT2D eigenvalue weighted by Gasteiger charge is 2.21. The monoisotopic (exact) mass is 391 g/mol. The highest BCUT2D eigenvalue weighted by molar-refractivity contribution is 7.99. The molecule has 0 aliphatic rings. The Labute approximate surface area is 167 Å². The number of aromatic nitrogens is 7. The van der Waals surface area contributed by atoms with E-state index in [-0.39, 0.29) is 5.25 Å². The molecule has 8 heteroatoms. The van der Waals surface area contributed by atoms with Crippen molar-refractivity contribution in [2.24, 2.45) is 0 Å². The van der Waals surface area contributed by atoms with Crippen LogP contribution < -0.4 is 0 Å². The van der Waals surface area contributed by atoms with Gasteiger partial charge >= 0.3 is 0 Å². The molecule has 4 aromatic rings. The molecule has 4 rings (SSSR count). The molecule has 0 amide bonds. The molecule has 142 valence electrons. The van der Waals surface area contributed by atoms with Crippen molar-refractivity contribution in [1.29, 1.82) is 0 Å². The summed E-state index contributed by atoms with van der Waals surface area (Å²) in [4.78, 5) is 0. The van der Waals surface area contributed by atoms with E-state index < -0.39 is 0 Å². The van der Waals surface area contributed by atoms with Crippen molar-refractivity contribution in [3.8, 4) is 17.1 Å². The third-order valence-corrected chi connectivity index (χ3v) is 5.64. The lowest BCUT2D eigenvalue weighted by Gasteiger charge is -2.13. The Balaban J connectivity index is 1.64. The molecule has 1 atom stereocenters. The molecule has 0 aliphatic heterocycles. The minimum Gasteiger partial charge on any atom is -0.302 e. The van der Waals surface area contributed by atoms with Crippen LogP contribution in [-0.2, 0) is 6.54 Å². The lowest BCUT2D eigenvalue weighted by Crippen LogP contribution is -2.06. The molecule has 2 aromatic carbocycles. The van der Waals surface area contributed by atoms with E-state index in [9.17, 15) is 0 Å². The zero-order chi connectivity index (χ0) is 19.5. The highest BCUT2D eigenvalue weighted by atomic mass is 32.2. The number of aryl methyl sites for hydroxylation is 1. The van der Waals surface area contributed by atoms with Gasteiger partial charge in [0.2, 0.25) is 0 Å². The molecule has 0 bridgehead atoms. The Morgan fingerprint density at radius 1 is 0.964 bits per heavy atom. The molecule has 7 nitrogen and oxygen atoms in total. The van der Waals surface area contributed by atoms with E-state index in [1.807, 2.05) is 42.5 Å². The van der Waals surface area contributed by atoms with E-state index in [0.717, 1.165) is 34.6 Å². The van der Waals surface area contributed by atoms with Gasteiger partial charge in [0, 0.05) is 12.1 Å². The Bertz CT molecular complexity index is 1070. The fraction of sp³-hybridized carbons (Fsp3) is 0.250. The van der Waals surface area contributed by atoms with Crippen molar-refractivity contribution >= 4 is 11.8 Å². The van der Waals surface area contributed by atoms with Crippen molar-refractivity contribution in [3.05, 3.63) is 66.0 Å². The van der Waals surface area contributed by atoms with E-state index >= 15 is 0 Å². The second-order valence-corrected chi connectivity index (χ2v) is 7.72. The molecule has 2 heterocycles. The van der Waals surface area contributed by atoms with Crippen molar-refractivity contribution in [2.45, 2.75) is 37.7 Å². The van der Waals surface area contributed by atoms with E-state index in [4.69, 9.17) is 0 Å². The van der Waals surface area contributed by atoms with Crippen LogP contribution in [0.5, 0.6) is 0 Å². The Hall–Kier alpha value is -3.00. The van der Waals surface area contributed by atoms with Crippen molar-refractivity contribution < 1.29 is 0 Å². The van der Waals surface area contributed by atoms with Crippen LogP contribution in [0.25, 0.3) is 17.1 Å². The number of para-hydroxylation sites is 1. The second kappa shape index (κ2) is 7.93. The number of hydrogen-bond acceptors (Lipinski definition) is 6. The maximum Gasteiger partial charge on any atom is 0.192 e. The minimum atomic E-state index is 0.00873. The molecule has 0 radical (unpaired) electrons. The number of hydrogen-bond donors (Lipinski definition) is 0. The first-order valence-electron chi connectivity index (χ1n) is 9.18. The summed E-state index contributed by atoms with van der Waals surface area (Å²) in [5, 5.41) is 22.1. The smallest absolute Gasteiger partial charge is 0.192 e. The summed E-state index contributed by atoms with van der Waals surface area (Å²) in [5.41, 5.74) is 3.22. The molecule has 0 aliphatic carbocycles. The van der Waals surface area contributed by atoms with Crippen LogP contribution in [0, 0.1) is 6.92 Å². The third kappa shape index (κ3) is 3.43. The zero-order valence-electron chi connectivity index (χ0n) is 16.0. The normalized spacial score (nSPS) is 12.2. The van der Waals surface area contributed by atoms with Gasteiger partial charge in [-0.2, -0.15) is 4.68 Å².